The first-order valence-corrected chi connectivity index (χ1v) is 10.2. The zero-order valence-electron chi connectivity index (χ0n) is 15.7. The fourth-order valence-corrected chi connectivity index (χ4v) is 4.63. The van der Waals surface area contributed by atoms with Crippen LogP contribution in [0.4, 0.5) is 0 Å². The van der Waals surface area contributed by atoms with Crippen LogP contribution in [0.3, 0.4) is 0 Å². The number of hydrogen-bond acceptors (Lipinski definition) is 0. The van der Waals surface area contributed by atoms with E-state index in [0.29, 0.717) is 5.92 Å². The number of allylic oxidation sites excluding steroid dienone is 1. The molecule has 1 saturated carbocycles. The van der Waals surface area contributed by atoms with Crippen molar-refractivity contribution in [3.05, 3.63) is 64.7 Å². The van der Waals surface area contributed by atoms with Gasteiger partial charge in [-0.3, -0.25) is 0 Å². The van der Waals surface area contributed by atoms with Gasteiger partial charge in [-0.25, -0.2) is 0 Å². The Labute approximate surface area is 153 Å². The van der Waals surface area contributed by atoms with Gasteiger partial charge in [-0.15, -0.1) is 0 Å². The molecule has 0 nitrogen and oxygen atoms in total. The van der Waals surface area contributed by atoms with E-state index in [-0.39, 0.29) is 0 Å². The number of rotatable bonds is 5. The summed E-state index contributed by atoms with van der Waals surface area (Å²) in [5, 5.41) is 0. The third kappa shape index (κ3) is 3.45. The fourth-order valence-electron chi connectivity index (χ4n) is 4.63. The third-order valence-electron chi connectivity index (χ3n) is 6.39. The first-order chi connectivity index (χ1) is 12.2. The molecule has 1 atom stereocenters. The van der Waals surface area contributed by atoms with Crippen molar-refractivity contribution in [2.45, 2.75) is 64.7 Å². The van der Waals surface area contributed by atoms with Crippen LogP contribution in [0.5, 0.6) is 0 Å². The van der Waals surface area contributed by atoms with Crippen LogP contribution in [0.1, 0.15) is 75.0 Å². The standard InChI is InChI=1S/C25H30/c1-3-18(2)21-11-13-22(14-12-21)24-10-6-9-23-16-20(17-25(23)24)15-19-7-4-5-8-19/h6,9-14,17-19H,3-5,7-8,15-16H2,1-2H3. The van der Waals surface area contributed by atoms with Gasteiger partial charge in [-0.2, -0.15) is 0 Å². The summed E-state index contributed by atoms with van der Waals surface area (Å²) in [4.78, 5) is 0. The maximum absolute atomic E-state index is 2.51. The minimum Gasteiger partial charge on any atom is -0.0649 e. The first-order valence-electron chi connectivity index (χ1n) is 10.2. The zero-order valence-corrected chi connectivity index (χ0v) is 15.7. The van der Waals surface area contributed by atoms with Crippen LogP contribution in [0, 0.1) is 5.92 Å². The average molecular weight is 331 g/mol. The maximum Gasteiger partial charge on any atom is -0.00575 e. The van der Waals surface area contributed by atoms with Crippen LogP contribution < -0.4 is 0 Å². The van der Waals surface area contributed by atoms with E-state index in [1.807, 2.05) is 0 Å². The predicted molar refractivity (Wildman–Crippen MR) is 109 cm³/mol. The van der Waals surface area contributed by atoms with Gasteiger partial charge in [0.1, 0.15) is 0 Å². The summed E-state index contributed by atoms with van der Waals surface area (Å²) in [6, 6.07) is 16.1. The maximum atomic E-state index is 2.51. The Bertz CT molecular complexity index is 757. The number of benzene rings is 2. The summed E-state index contributed by atoms with van der Waals surface area (Å²) in [5.74, 6) is 1.59. The van der Waals surface area contributed by atoms with Crippen molar-refractivity contribution in [1.82, 2.24) is 0 Å². The summed E-state index contributed by atoms with van der Waals surface area (Å²) in [7, 11) is 0. The highest BCUT2D eigenvalue weighted by molar-refractivity contribution is 5.80. The van der Waals surface area contributed by atoms with E-state index in [1.54, 1.807) is 5.57 Å². The Morgan fingerprint density at radius 2 is 1.76 bits per heavy atom. The Morgan fingerprint density at radius 3 is 2.48 bits per heavy atom. The van der Waals surface area contributed by atoms with Crippen LogP contribution in [-0.4, -0.2) is 0 Å². The van der Waals surface area contributed by atoms with Crippen LogP contribution in [-0.2, 0) is 6.42 Å². The van der Waals surface area contributed by atoms with E-state index >= 15 is 0 Å². The Morgan fingerprint density at radius 1 is 1.00 bits per heavy atom. The second kappa shape index (κ2) is 7.20. The fraction of sp³-hybridized carbons (Fsp3) is 0.440. The molecule has 0 heteroatoms. The van der Waals surface area contributed by atoms with E-state index in [4.69, 9.17) is 0 Å². The van der Waals surface area contributed by atoms with Crippen molar-refractivity contribution in [3.63, 3.8) is 0 Å². The van der Waals surface area contributed by atoms with Gasteiger partial charge in [0, 0.05) is 0 Å². The molecule has 0 saturated heterocycles. The topological polar surface area (TPSA) is 0 Å². The van der Waals surface area contributed by atoms with Crippen molar-refractivity contribution >= 4 is 6.08 Å². The van der Waals surface area contributed by atoms with Crippen molar-refractivity contribution in [3.8, 4) is 11.1 Å². The monoisotopic (exact) mass is 330 g/mol. The van der Waals surface area contributed by atoms with Crippen LogP contribution in [0.25, 0.3) is 17.2 Å². The van der Waals surface area contributed by atoms with Gasteiger partial charge < -0.3 is 0 Å². The molecular weight excluding hydrogens is 300 g/mol. The molecule has 0 aliphatic heterocycles. The molecule has 1 fully saturated rings. The second-order valence-corrected chi connectivity index (χ2v) is 8.14. The molecule has 0 bridgehead atoms. The minimum atomic E-state index is 0.647. The SMILES string of the molecule is CCC(C)c1ccc(-c2cccc3c2C=C(CC2CCCC2)C3)cc1. The molecule has 2 aliphatic rings. The lowest BCUT2D eigenvalue weighted by atomic mass is 9.93. The lowest BCUT2D eigenvalue weighted by molar-refractivity contribution is 0.541. The summed E-state index contributed by atoms with van der Waals surface area (Å²) >= 11 is 0. The summed E-state index contributed by atoms with van der Waals surface area (Å²) in [6.07, 6.45) is 12.0. The van der Waals surface area contributed by atoms with E-state index < -0.39 is 0 Å². The molecule has 130 valence electrons. The first kappa shape index (κ1) is 16.6. The van der Waals surface area contributed by atoms with Gasteiger partial charge in [0.2, 0.25) is 0 Å². The highest BCUT2D eigenvalue weighted by Gasteiger charge is 2.21. The van der Waals surface area contributed by atoms with Crippen molar-refractivity contribution < 1.29 is 0 Å². The van der Waals surface area contributed by atoms with E-state index in [2.05, 4.69) is 62.4 Å². The molecule has 25 heavy (non-hydrogen) atoms. The Balaban J connectivity index is 1.60. The smallest absolute Gasteiger partial charge is 0.00575 e. The molecule has 4 rings (SSSR count). The normalized spacial score (nSPS) is 18.2. The number of fused-ring (bicyclic) bond motifs is 1. The highest BCUT2D eigenvalue weighted by Crippen LogP contribution is 2.39. The largest absolute Gasteiger partial charge is 0.0649 e. The molecule has 0 heterocycles. The van der Waals surface area contributed by atoms with Gasteiger partial charge in [0.15, 0.2) is 0 Å². The van der Waals surface area contributed by atoms with Crippen molar-refractivity contribution in [2.24, 2.45) is 5.92 Å². The molecule has 2 aromatic rings. The molecule has 0 aromatic heterocycles. The third-order valence-corrected chi connectivity index (χ3v) is 6.39. The second-order valence-electron chi connectivity index (χ2n) is 8.14. The van der Waals surface area contributed by atoms with E-state index in [0.717, 1.165) is 5.92 Å². The molecule has 2 aliphatic carbocycles. The average Bonchev–Trinajstić information content (AvgIpc) is 3.30. The van der Waals surface area contributed by atoms with E-state index in [9.17, 15) is 0 Å². The Kier molecular flexibility index (Phi) is 4.79. The van der Waals surface area contributed by atoms with Gasteiger partial charge in [0.05, 0.1) is 0 Å². The van der Waals surface area contributed by atoms with Crippen molar-refractivity contribution in [2.75, 3.05) is 0 Å². The van der Waals surface area contributed by atoms with Gasteiger partial charge >= 0.3 is 0 Å². The highest BCUT2D eigenvalue weighted by atomic mass is 14.3. The molecule has 0 radical (unpaired) electrons. The van der Waals surface area contributed by atoms with Crippen LogP contribution in [0.15, 0.2) is 48.0 Å². The van der Waals surface area contributed by atoms with E-state index in [1.165, 1.54) is 72.8 Å². The molecule has 0 N–H and O–H groups in total. The van der Waals surface area contributed by atoms with Crippen LogP contribution in [0.2, 0.25) is 0 Å². The van der Waals surface area contributed by atoms with Gasteiger partial charge in [0.25, 0.3) is 0 Å². The van der Waals surface area contributed by atoms with Crippen LogP contribution >= 0.6 is 0 Å². The summed E-state index contributed by atoms with van der Waals surface area (Å²) < 4.78 is 0. The minimum absolute atomic E-state index is 0.647. The lowest BCUT2D eigenvalue weighted by Crippen LogP contribution is -1.96. The molecule has 2 aromatic carbocycles. The summed E-state index contributed by atoms with van der Waals surface area (Å²) in [5.41, 5.74) is 8.89. The number of hydrogen-bond donors (Lipinski definition) is 0. The Hall–Kier alpha value is -1.82. The molecular formula is C25H30. The molecule has 1 unspecified atom stereocenters. The summed E-state index contributed by atoms with van der Waals surface area (Å²) in [6.45, 7) is 4.58. The predicted octanol–water partition coefficient (Wildman–Crippen LogP) is 7.39. The van der Waals surface area contributed by atoms with Crippen molar-refractivity contribution in [1.29, 1.82) is 0 Å². The molecule has 0 amide bonds. The van der Waals surface area contributed by atoms with Gasteiger partial charge in [-0.05, 0) is 58.9 Å². The van der Waals surface area contributed by atoms with Gasteiger partial charge in [-0.1, -0.05) is 93.6 Å². The lowest BCUT2D eigenvalue weighted by Gasteiger charge is -2.12. The quantitative estimate of drug-likeness (QED) is 0.536. The zero-order chi connectivity index (χ0) is 17.2. The molecule has 0 spiro atoms.